The van der Waals surface area contributed by atoms with Gasteiger partial charge in [0.05, 0.1) is 6.54 Å². The van der Waals surface area contributed by atoms with E-state index in [1.54, 1.807) is 20.8 Å². The van der Waals surface area contributed by atoms with Crippen LogP contribution in [0.15, 0.2) is 24.3 Å². The van der Waals surface area contributed by atoms with Crippen LogP contribution >= 0.6 is 0 Å². The molecule has 0 fully saturated rings. The monoisotopic (exact) mass is 315 g/mol. The van der Waals surface area contributed by atoms with E-state index in [0.29, 0.717) is 5.56 Å². The molecule has 0 radical (unpaired) electrons. The van der Waals surface area contributed by atoms with Gasteiger partial charge in [-0.05, 0) is 39.0 Å². The molecule has 0 aliphatic rings. The molecule has 0 saturated carbocycles. The third kappa shape index (κ3) is 8.04. The minimum atomic E-state index is -4.75. The highest BCUT2D eigenvalue weighted by Crippen LogP contribution is 2.22. The Morgan fingerprint density at radius 1 is 1.27 bits per heavy atom. The van der Waals surface area contributed by atoms with Crippen molar-refractivity contribution in [2.24, 2.45) is 0 Å². The van der Waals surface area contributed by atoms with Crippen LogP contribution in [0, 0.1) is 11.8 Å². The number of halogens is 3. The number of amides is 1. The molecule has 0 unspecified atom stereocenters. The van der Waals surface area contributed by atoms with Gasteiger partial charge in [0.25, 0.3) is 0 Å². The molecular formula is C15H16F3NO3. The van der Waals surface area contributed by atoms with Crippen LogP contribution in [0.3, 0.4) is 0 Å². The van der Waals surface area contributed by atoms with Crippen molar-refractivity contribution in [2.75, 3.05) is 6.54 Å². The largest absolute Gasteiger partial charge is 0.573 e. The van der Waals surface area contributed by atoms with Gasteiger partial charge in [0.15, 0.2) is 0 Å². The molecule has 0 heterocycles. The molecule has 22 heavy (non-hydrogen) atoms. The van der Waals surface area contributed by atoms with Crippen LogP contribution in [0.1, 0.15) is 26.3 Å². The van der Waals surface area contributed by atoms with Gasteiger partial charge < -0.3 is 14.8 Å². The summed E-state index contributed by atoms with van der Waals surface area (Å²) in [7, 11) is 0. The van der Waals surface area contributed by atoms with Crippen molar-refractivity contribution in [3.05, 3.63) is 29.8 Å². The molecule has 0 aromatic heterocycles. The van der Waals surface area contributed by atoms with Crippen molar-refractivity contribution in [3.63, 3.8) is 0 Å². The Hall–Kier alpha value is -2.36. The lowest BCUT2D eigenvalue weighted by Gasteiger charge is -2.19. The highest BCUT2D eigenvalue weighted by atomic mass is 19.4. The highest BCUT2D eigenvalue weighted by molar-refractivity contribution is 5.68. The molecule has 120 valence electrons. The number of alkyl carbamates (subject to hydrolysis) is 1. The SMILES string of the molecule is CC(C)(C)OC(=O)NCC#Cc1cccc(OC(F)(F)F)c1. The lowest BCUT2D eigenvalue weighted by Crippen LogP contribution is -2.32. The number of carbonyl (C=O) groups is 1. The van der Waals surface area contributed by atoms with Crippen LogP contribution in [0.4, 0.5) is 18.0 Å². The number of hydrogen-bond acceptors (Lipinski definition) is 3. The Balaban J connectivity index is 2.55. The Labute approximate surface area is 126 Å². The number of nitrogens with one attached hydrogen (secondary N) is 1. The summed E-state index contributed by atoms with van der Waals surface area (Å²) in [4.78, 5) is 11.3. The zero-order valence-corrected chi connectivity index (χ0v) is 12.4. The zero-order chi connectivity index (χ0) is 16.8. The van der Waals surface area contributed by atoms with Gasteiger partial charge in [-0.1, -0.05) is 17.9 Å². The first-order valence-electron chi connectivity index (χ1n) is 6.37. The van der Waals surface area contributed by atoms with Crippen molar-refractivity contribution in [2.45, 2.75) is 32.7 Å². The van der Waals surface area contributed by atoms with Gasteiger partial charge in [-0.25, -0.2) is 4.79 Å². The summed E-state index contributed by atoms with van der Waals surface area (Å²) >= 11 is 0. The van der Waals surface area contributed by atoms with Crippen LogP contribution in [-0.2, 0) is 4.74 Å². The standard InChI is InChI=1S/C15H16F3NO3/c1-14(2,3)22-13(20)19-9-5-7-11-6-4-8-12(10-11)21-15(16,17)18/h4,6,8,10H,9H2,1-3H3,(H,19,20). The van der Waals surface area contributed by atoms with Gasteiger partial charge in [0, 0.05) is 5.56 Å². The number of alkyl halides is 3. The molecule has 0 spiro atoms. The van der Waals surface area contributed by atoms with Crippen LogP contribution in [-0.4, -0.2) is 24.6 Å². The van der Waals surface area contributed by atoms with Gasteiger partial charge in [-0.15, -0.1) is 13.2 Å². The van der Waals surface area contributed by atoms with Crippen molar-refractivity contribution in [1.29, 1.82) is 0 Å². The minimum Gasteiger partial charge on any atom is -0.444 e. The number of benzene rings is 1. The van der Waals surface area contributed by atoms with E-state index in [-0.39, 0.29) is 12.3 Å². The predicted molar refractivity (Wildman–Crippen MR) is 74.2 cm³/mol. The first kappa shape index (κ1) is 17.7. The third-order valence-corrected chi connectivity index (χ3v) is 2.02. The van der Waals surface area contributed by atoms with Crippen LogP contribution in [0.2, 0.25) is 0 Å². The summed E-state index contributed by atoms with van der Waals surface area (Å²) in [6.07, 6.45) is -5.36. The molecule has 7 heteroatoms. The normalized spacial score (nSPS) is 11.2. The van der Waals surface area contributed by atoms with Gasteiger partial charge in [-0.3, -0.25) is 0 Å². The molecule has 1 aromatic rings. The summed E-state index contributed by atoms with van der Waals surface area (Å²) in [5.41, 5.74) is -0.270. The molecule has 0 atom stereocenters. The van der Waals surface area contributed by atoms with Crippen LogP contribution in [0.5, 0.6) is 5.75 Å². The fourth-order valence-electron chi connectivity index (χ4n) is 1.35. The summed E-state index contributed by atoms with van der Waals surface area (Å²) in [6, 6.07) is 5.27. The van der Waals surface area contributed by atoms with E-state index >= 15 is 0 Å². The Bertz CT molecular complexity index is 580. The van der Waals surface area contributed by atoms with E-state index in [1.165, 1.54) is 18.2 Å². The average molecular weight is 315 g/mol. The average Bonchev–Trinajstić information content (AvgIpc) is 2.31. The number of hydrogen-bond donors (Lipinski definition) is 1. The van der Waals surface area contributed by atoms with E-state index < -0.39 is 18.1 Å². The first-order valence-corrected chi connectivity index (χ1v) is 6.37. The van der Waals surface area contributed by atoms with Crippen LogP contribution < -0.4 is 10.1 Å². The van der Waals surface area contributed by atoms with Gasteiger partial charge >= 0.3 is 12.5 Å². The molecule has 0 bridgehead atoms. The smallest absolute Gasteiger partial charge is 0.444 e. The third-order valence-electron chi connectivity index (χ3n) is 2.02. The molecule has 1 amide bonds. The summed E-state index contributed by atoms with van der Waals surface area (Å²) in [6.45, 7) is 5.19. The molecule has 0 aliphatic heterocycles. The maximum Gasteiger partial charge on any atom is 0.573 e. The van der Waals surface area contributed by atoms with E-state index in [9.17, 15) is 18.0 Å². The number of rotatable bonds is 2. The lowest BCUT2D eigenvalue weighted by molar-refractivity contribution is -0.274. The van der Waals surface area contributed by atoms with Crippen molar-refractivity contribution in [3.8, 4) is 17.6 Å². The lowest BCUT2D eigenvalue weighted by atomic mass is 10.2. The van der Waals surface area contributed by atoms with Crippen molar-refractivity contribution < 1.29 is 27.4 Å². The molecule has 4 nitrogen and oxygen atoms in total. The Kier molecular flexibility index (Phi) is 5.69. The summed E-state index contributed by atoms with van der Waals surface area (Å²) in [5.74, 6) is 4.88. The predicted octanol–water partition coefficient (Wildman–Crippen LogP) is 3.46. The summed E-state index contributed by atoms with van der Waals surface area (Å²) in [5, 5.41) is 2.42. The fraction of sp³-hybridized carbons (Fsp3) is 0.400. The molecule has 0 saturated heterocycles. The van der Waals surface area contributed by atoms with Crippen molar-refractivity contribution in [1.82, 2.24) is 5.32 Å². The maximum absolute atomic E-state index is 12.1. The van der Waals surface area contributed by atoms with E-state index in [2.05, 4.69) is 21.9 Å². The Morgan fingerprint density at radius 3 is 2.55 bits per heavy atom. The zero-order valence-electron chi connectivity index (χ0n) is 12.4. The van der Waals surface area contributed by atoms with E-state index in [0.717, 1.165) is 6.07 Å². The second kappa shape index (κ2) is 7.07. The highest BCUT2D eigenvalue weighted by Gasteiger charge is 2.31. The van der Waals surface area contributed by atoms with E-state index in [1.807, 2.05) is 0 Å². The van der Waals surface area contributed by atoms with E-state index in [4.69, 9.17) is 4.74 Å². The second-order valence-electron chi connectivity index (χ2n) is 5.23. The molecular weight excluding hydrogens is 299 g/mol. The summed E-state index contributed by atoms with van der Waals surface area (Å²) < 4.78 is 45.0. The van der Waals surface area contributed by atoms with Crippen LogP contribution in [0.25, 0.3) is 0 Å². The number of ether oxygens (including phenoxy) is 2. The molecule has 1 N–H and O–H groups in total. The van der Waals surface area contributed by atoms with Gasteiger partial charge in [0.1, 0.15) is 11.4 Å². The topological polar surface area (TPSA) is 47.6 Å². The Morgan fingerprint density at radius 2 is 1.95 bits per heavy atom. The molecule has 1 rings (SSSR count). The minimum absolute atomic E-state index is 0.0132. The van der Waals surface area contributed by atoms with Crippen molar-refractivity contribution >= 4 is 6.09 Å². The maximum atomic E-state index is 12.1. The number of carbonyl (C=O) groups excluding carboxylic acids is 1. The quantitative estimate of drug-likeness (QED) is 0.850. The van der Waals surface area contributed by atoms with Gasteiger partial charge in [0.2, 0.25) is 0 Å². The fourth-order valence-corrected chi connectivity index (χ4v) is 1.35. The first-order chi connectivity index (χ1) is 10.1. The molecule has 1 aromatic carbocycles. The molecule has 0 aliphatic carbocycles. The van der Waals surface area contributed by atoms with Gasteiger partial charge in [-0.2, -0.15) is 0 Å². The second-order valence-corrected chi connectivity index (χ2v) is 5.23.